The van der Waals surface area contributed by atoms with Crippen molar-refractivity contribution in [1.82, 2.24) is 13.2 Å². The molecule has 0 amide bonds. The molecule has 0 aliphatic rings. The van der Waals surface area contributed by atoms with Gasteiger partial charge in [0.25, 0.3) is 10.0 Å². The van der Waals surface area contributed by atoms with Crippen LogP contribution >= 0.6 is 22.6 Å². The maximum Gasteiger partial charge on any atom is 0.416 e. The van der Waals surface area contributed by atoms with Crippen LogP contribution in [-0.2, 0) is 40.1 Å². The van der Waals surface area contributed by atoms with Crippen LogP contribution in [0.25, 0.3) is 0 Å². The standard InChI is InChI=1S/C27H26IN3O11S4/c1-40-21-6-14-25(15-7-21)44(34,35)30(29-43(32,33)24-12-4-20(28)5-13-24)31(45(36,37)26-16-8-22(41-2)9-17-26)46(38,39)27-18-10-23(42-3)11-19-27/h4-19,29H,1-3H3/q+1. The molecule has 19 heteroatoms. The molecule has 0 aliphatic carbocycles. The number of hydrogen-bond acceptors (Lipinski definition) is 11. The van der Waals surface area contributed by atoms with Gasteiger partial charge in [-0.25, -0.2) is 25.3 Å². The minimum Gasteiger partial charge on any atom is -0.497 e. The van der Waals surface area contributed by atoms with Crippen LogP contribution in [0.1, 0.15) is 0 Å². The van der Waals surface area contributed by atoms with Crippen LogP contribution in [0.15, 0.2) is 117 Å². The lowest BCUT2D eigenvalue weighted by molar-refractivity contribution is 0.327. The lowest BCUT2D eigenvalue weighted by atomic mass is 10.3. The van der Waals surface area contributed by atoms with Gasteiger partial charge in [-0.1, -0.05) is 0 Å². The Balaban J connectivity index is 2.05. The predicted molar refractivity (Wildman–Crippen MR) is 174 cm³/mol. The summed E-state index contributed by atoms with van der Waals surface area (Å²) < 4.78 is 128. The molecule has 0 saturated heterocycles. The molecular weight excluding hydrogens is 797 g/mol. The number of methoxy groups -OCH3 is 3. The smallest absolute Gasteiger partial charge is 0.416 e. The van der Waals surface area contributed by atoms with Gasteiger partial charge in [-0.2, -0.15) is 8.42 Å². The van der Waals surface area contributed by atoms with Crippen LogP contribution in [0.5, 0.6) is 17.2 Å². The van der Waals surface area contributed by atoms with Crippen molar-refractivity contribution in [3.63, 3.8) is 0 Å². The molecule has 14 nitrogen and oxygen atoms in total. The normalized spacial score (nSPS) is 12.7. The topological polar surface area (TPSA) is 185 Å². The summed E-state index contributed by atoms with van der Waals surface area (Å²) in [6, 6.07) is 18.1. The van der Waals surface area contributed by atoms with Gasteiger partial charge in [-0.3, -0.25) is 0 Å². The number of hydrogen-bond donors (Lipinski definition) is 1. The molecule has 0 fully saturated rings. The number of ether oxygens (including phenoxy) is 3. The Hall–Kier alpha value is -3.31. The quantitative estimate of drug-likeness (QED) is 0.119. The molecule has 0 bridgehead atoms. The van der Waals surface area contributed by atoms with E-state index in [1.807, 2.05) is 22.6 Å². The van der Waals surface area contributed by atoms with Crippen LogP contribution in [0, 0.1) is 3.57 Å². The molecule has 0 aromatic heterocycles. The average Bonchev–Trinajstić information content (AvgIpc) is 3.04. The third kappa shape index (κ3) is 7.30. The Morgan fingerprint density at radius 1 is 0.522 bits per heavy atom. The van der Waals surface area contributed by atoms with E-state index in [0.29, 0.717) is 3.57 Å². The van der Waals surface area contributed by atoms with Gasteiger partial charge in [0, 0.05) is 8.40 Å². The second-order valence-electron chi connectivity index (χ2n) is 9.01. The first-order valence-electron chi connectivity index (χ1n) is 12.6. The molecule has 0 atom stereocenters. The average molecular weight is 824 g/mol. The zero-order chi connectivity index (χ0) is 33.9. The minimum atomic E-state index is -5.46. The fraction of sp³-hybridized carbons (Fsp3) is 0.111. The monoisotopic (exact) mass is 823 g/mol. The van der Waals surface area contributed by atoms with Crippen LogP contribution in [0.2, 0.25) is 0 Å². The first-order valence-corrected chi connectivity index (χ1v) is 19.5. The van der Waals surface area contributed by atoms with Gasteiger partial charge in [0.2, 0.25) is 0 Å². The molecule has 1 radical (unpaired) electrons. The molecule has 0 saturated carbocycles. The Labute approximate surface area is 280 Å². The molecule has 0 aliphatic heterocycles. The van der Waals surface area contributed by atoms with Gasteiger partial charge in [-0.05, 0) is 120 Å². The van der Waals surface area contributed by atoms with E-state index in [0.717, 1.165) is 48.5 Å². The molecule has 245 valence electrons. The maximum absolute atomic E-state index is 14.3. The van der Waals surface area contributed by atoms with Crippen LogP contribution in [-0.4, -0.2) is 58.8 Å². The fourth-order valence-corrected chi connectivity index (χ4v) is 11.1. The van der Waals surface area contributed by atoms with Gasteiger partial charge >= 0.3 is 30.1 Å². The third-order valence-corrected chi connectivity index (χ3v) is 14.2. The molecule has 4 rings (SSSR count). The van der Waals surface area contributed by atoms with Crippen molar-refractivity contribution in [3.8, 4) is 17.2 Å². The summed E-state index contributed by atoms with van der Waals surface area (Å²) in [5.74, 6) is 0.606. The molecule has 4 aromatic carbocycles. The molecule has 0 heterocycles. The van der Waals surface area contributed by atoms with E-state index in [1.165, 1.54) is 69.9 Å². The number of rotatable bonds is 13. The van der Waals surface area contributed by atoms with Crippen LogP contribution in [0.4, 0.5) is 0 Å². The van der Waals surface area contributed by atoms with Crippen molar-refractivity contribution in [2.45, 2.75) is 19.6 Å². The zero-order valence-corrected chi connectivity index (χ0v) is 29.6. The SMILES string of the molecule is COc1ccc(S(=O)(=O)N([N+](NS(=O)(=O)c2ccc(I)cc2)S(=O)(=O)c2ccc(OC)cc2)S(=O)(=O)c2ccc(OC)cc2)cc1. The van der Waals surface area contributed by atoms with E-state index in [2.05, 4.69) is 0 Å². The Bertz CT molecular complexity index is 2050. The molecule has 0 unspecified atom stereocenters. The Kier molecular flexibility index (Phi) is 10.7. The second-order valence-corrected chi connectivity index (χ2v) is 17.5. The van der Waals surface area contributed by atoms with Crippen molar-refractivity contribution in [1.29, 1.82) is 0 Å². The van der Waals surface area contributed by atoms with E-state index < -0.39 is 68.0 Å². The van der Waals surface area contributed by atoms with Gasteiger partial charge < -0.3 is 14.2 Å². The van der Waals surface area contributed by atoms with Crippen molar-refractivity contribution in [3.05, 3.63) is 101 Å². The molecule has 1 N–H and O–H groups in total. The summed E-state index contributed by atoms with van der Waals surface area (Å²) in [5.41, 5.74) is 0. The fourth-order valence-electron chi connectivity index (χ4n) is 3.79. The van der Waals surface area contributed by atoms with Crippen molar-refractivity contribution in [2.75, 3.05) is 21.3 Å². The Morgan fingerprint density at radius 2 is 0.848 bits per heavy atom. The summed E-state index contributed by atoms with van der Waals surface area (Å²) in [7, 11) is -17.3. The number of hydrazine groups is 2. The summed E-state index contributed by atoms with van der Waals surface area (Å²) in [6.45, 7) is 0. The molecular formula is C27H26IN3O11S4+. The van der Waals surface area contributed by atoms with Gasteiger partial charge in [0.1, 0.15) is 22.1 Å². The predicted octanol–water partition coefficient (Wildman–Crippen LogP) is 3.03. The van der Waals surface area contributed by atoms with Crippen LogP contribution in [0.3, 0.4) is 0 Å². The van der Waals surface area contributed by atoms with E-state index in [-0.39, 0.29) is 17.2 Å². The third-order valence-electron chi connectivity index (χ3n) is 6.18. The highest BCUT2D eigenvalue weighted by Gasteiger charge is 2.59. The second kappa shape index (κ2) is 13.8. The largest absolute Gasteiger partial charge is 0.497 e. The Morgan fingerprint density at radius 3 is 1.20 bits per heavy atom. The van der Waals surface area contributed by atoms with E-state index >= 15 is 0 Å². The number of nitrogens with zero attached hydrogens (tertiary/aromatic N) is 2. The van der Waals surface area contributed by atoms with Gasteiger partial charge in [-0.15, -0.1) is 0 Å². The van der Waals surface area contributed by atoms with Crippen LogP contribution < -0.4 is 23.6 Å². The summed E-state index contributed by atoms with van der Waals surface area (Å²) >= 11 is 1.91. The van der Waals surface area contributed by atoms with E-state index in [4.69, 9.17) is 14.2 Å². The summed E-state index contributed by atoms with van der Waals surface area (Å²) in [4.78, 5) is -0.909. The number of benzene rings is 4. The van der Waals surface area contributed by atoms with E-state index in [1.54, 1.807) is 4.83 Å². The number of sulfonamides is 4. The summed E-state index contributed by atoms with van der Waals surface area (Å²) in [5, 5.41) is 0. The molecule has 46 heavy (non-hydrogen) atoms. The summed E-state index contributed by atoms with van der Waals surface area (Å²) in [6.07, 6.45) is 0. The van der Waals surface area contributed by atoms with E-state index in [9.17, 15) is 33.7 Å². The van der Waals surface area contributed by atoms with Crippen molar-refractivity contribution < 1.29 is 47.9 Å². The number of halogens is 1. The molecule has 4 aromatic rings. The van der Waals surface area contributed by atoms with Gasteiger partial charge in [0.05, 0.1) is 36.0 Å². The zero-order valence-electron chi connectivity index (χ0n) is 24.1. The van der Waals surface area contributed by atoms with Crippen molar-refractivity contribution in [2.24, 2.45) is 0 Å². The first-order chi connectivity index (χ1) is 21.6. The minimum absolute atomic E-state index is 0.200. The first kappa shape index (κ1) is 35.5. The lowest BCUT2D eigenvalue weighted by Crippen LogP contribution is -2.63. The van der Waals surface area contributed by atoms with Gasteiger partial charge in [0.15, 0.2) is 8.34 Å². The van der Waals surface area contributed by atoms with Crippen molar-refractivity contribution >= 4 is 62.7 Å². The number of nitrogens with one attached hydrogen (secondary N) is 1. The highest BCUT2D eigenvalue weighted by molar-refractivity contribution is 14.1. The lowest BCUT2D eigenvalue weighted by Gasteiger charge is -2.22. The maximum atomic E-state index is 14.3. The highest BCUT2D eigenvalue weighted by Crippen LogP contribution is 2.31. The molecule has 0 spiro atoms. The highest BCUT2D eigenvalue weighted by atomic mass is 127.